The molecule has 0 spiro atoms. The Morgan fingerprint density at radius 3 is 2.37 bits per heavy atom. The molecule has 0 aliphatic heterocycles. The van der Waals surface area contributed by atoms with Crippen LogP contribution < -0.4 is 5.32 Å². The summed E-state index contributed by atoms with van der Waals surface area (Å²) in [5.74, 6) is -0.497. The molecule has 0 bridgehead atoms. The lowest BCUT2D eigenvalue weighted by Gasteiger charge is -2.22. The summed E-state index contributed by atoms with van der Waals surface area (Å²) in [7, 11) is 1.30. The van der Waals surface area contributed by atoms with E-state index in [0.29, 0.717) is 10.6 Å². The number of nitrogens with zero attached hydrogens (tertiary/aromatic N) is 1. The predicted molar refractivity (Wildman–Crippen MR) is 74.5 cm³/mol. The fraction of sp³-hybridized carbons (Fsp3) is 0.615. The van der Waals surface area contributed by atoms with Crippen molar-refractivity contribution >= 4 is 23.2 Å². The highest BCUT2D eigenvalue weighted by molar-refractivity contribution is 7.13. The molecule has 106 valence electrons. The lowest BCUT2D eigenvalue weighted by atomic mass is 10.1. The SMILES string of the molecule is COC(=O)C(C)(C)NC(=O)c1sc(C(C)C)nc1C. The van der Waals surface area contributed by atoms with E-state index in [-0.39, 0.29) is 11.8 Å². The zero-order chi connectivity index (χ0) is 14.8. The number of hydrogen-bond donors (Lipinski definition) is 1. The second-order valence-electron chi connectivity index (χ2n) is 5.19. The molecule has 1 heterocycles. The topological polar surface area (TPSA) is 68.3 Å². The van der Waals surface area contributed by atoms with Crippen molar-refractivity contribution in [3.63, 3.8) is 0 Å². The van der Waals surface area contributed by atoms with Crippen LogP contribution in [0.1, 0.15) is 54.0 Å². The Balaban J connectivity index is 2.93. The first-order valence-electron chi connectivity index (χ1n) is 6.07. The van der Waals surface area contributed by atoms with Crippen molar-refractivity contribution in [2.24, 2.45) is 0 Å². The van der Waals surface area contributed by atoms with Crippen LogP contribution in [0.2, 0.25) is 0 Å². The number of methoxy groups -OCH3 is 1. The molecular weight excluding hydrogens is 264 g/mol. The third-order valence-electron chi connectivity index (χ3n) is 2.64. The number of amides is 1. The van der Waals surface area contributed by atoms with Gasteiger partial charge in [-0.3, -0.25) is 4.79 Å². The van der Waals surface area contributed by atoms with Crippen LogP contribution in [-0.2, 0) is 9.53 Å². The highest BCUT2D eigenvalue weighted by Gasteiger charge is 2.32. The Bertz CT molecular complexity index is 492. The lowest BCUT2D eigenvalue weighted by Crippen LogP contribution is -2.50. The van der Waals surface area contributed by atoms with Gasteiger partial charge < -0.3 is 10.1 Å². The number of thiazole rings is 1. The van der Waals surface area contributed by atoms with Crippen molar-refractivity contribution in [1.29, 1.82) is 0 Å². The molecule has 0 unspecified atom stereocenters. The molecular formula is C13H20N2O3S. The normalized spacial score (nSPS) is 11.5. The number of ether oxygens (including phenoxy) is 1. The third-order valence-corrected chi connectivity index (χ3v) is 4.09. The summed E-state index contributed by atoms with van der Waals surface area (Å²) in [5.41, 5.74) is -0.368. The van der Waals surface area contributed by atoms with Gasteiger partial charge in [0.2, 0.25) is 0 Å². The predicted octanol–water partition coefficient (Wildman–Crippen LogP) is 2.26. The second-order valence-corrected chi connectivity index (χ2v) is 6.22. The summed E-state index contributed by atoms with van der Waals surface area (Å²) >= 11 is 1.36. The van der Waals surface area contributed by atoms with Crippen LogP contribution in [0.25, 0.3) is 0 Å². The molecule has 0 saturated carbocycles. The second kappa shape index (κ2) is 5.69. The Labute approximate surface area is 117 Å². The molecule has 1 aromatic heterocycles. The summed E-state index contributed by atoms with van der Waals surface area (Å²) in [5, 5.41) is 3.59. The van der Waals surface area contributed by atoms with Gasteiger partial charge in [-0.2, -0.15) is 0 Å². The van der Waals surface area contributed by atoms with Crippen molar-refractivity contribution in [1.82, 2.24) is 10.3 Å². The number of hydrogen-bond acceptors (Lipinski definition) is 5. The molecule has 19 heavy (non-hydrogen) atoms. The van der Waals surface area contributed by atoms with Crippen LogP contribution in [0.15, 0.2) is 0 Å². The van der Waals surface area contributed by atoms with E-state index in [2.05, 4.69) is 15.0 Å². The highest BCUT2D eigenvalue weighted by Crippen LogP contribution is 2.25. The molecule has 0 saturated heterocycles. The molecule has 1 N–H and O–H groups in total. The van der Waals surface area contributed by atoms with E-state index < -0.39 is 11.5 Å². The lowest BCUT2D eigenvalue weighted by molar-refractivity contribution is -0.146. The van der Waals surface area contributed by atoms with Gasteiger partial charge in [0.25, 0.3) is 5.91 Å². The molecule has 1 aromatic rings. The van der Waals surface area contributed by atoms with Crippen LogP contribution >= 0.6 is 11.3 Å². The molecule has 6 heteroatoms. The van der Waals surface area contributed by atoms with Crippen molar-refractivity contribution < 1.29 is 14.3 Å². The van der Waals surface area contributed by atoms with Gasteiger partial charge in [-0.05, 0) is 20.8 Å². The molecule has 0 radical (unpaired) electrons. The fourth-order valence-electron chi connectivity index (χ4n) is 1.52. The summed E-state index contributed by atoms with van der Waals surface area (Å²) in [6.45, 7) is 9.06. The number of aryl methyl sites for hydroxylation is 1. The Morgan fingerprint density at radius 1 is 1.37 bits per heavy atom. The molecule has 0 aromatic carbocycles. The largest absolute Gasteiger partial charge is 0.467 e. The molecule has 0 aliphatic rings. The maximum atomic E-state index is 12.2. The quantitative estimate of drug-likeness (QED) is 0.861. The number of esters is 1. The van der Waals surface area contributed by atoms with Gasteiger partial charge in [-0.1, -0.05) is 13.8 Å². The van der Waals surface area contributed by atoms with Gasteiger partial charge in [0, 0.05) is 5.92 Å². The van der Waals surface area contributed by atoms with Crippen LogP contribution in [-0.4, -0.2) is 29.5 Å². The maximum Gasteiger partial charge on any atom is 0.330 e. The first kappa shape index (κ1) is 15.6. The molecule has 0 fully saturated rings. The van der Waals surface area contributed by atoms with Crippen LogP contribution in [0.5, 0.6) is 0 Å². The zero-order valence-electron chi connectivity index (χ0n) is 12.2. The molecule has 5 nitrogen and oxygen atoms in total. The van der Waals surface area contributed by atoms with E-state index >= 15 is 0 Å². The minimum Gasteiger partial charge on any atom is -0.467 e. The van der Waals surface area contributed by atoms with E-state index in [0.717, 1.165) is 5.01 Å². The monoisotopic (exact) mass is 284 g/mol. The first-order valence-corrected chi connectivity index (χ1v) is 6.89. The van der Waals surface area contributed by atoms with Gasteiger partial charge in [-0.25, -0.2) is 9.78 Å². The number of carbonyl (C=O) groups excluding carboxylic acids is 2. The van der Waals surface area contributed by atoms with E-state index in [1.165, 1.54) is 18.4 Å². The smallest absolute Gasteiger partial charge is 0.330 e. The Morgan fingerprint density at radius 2 is 1.95 bits per heavy atom. The number of nitrogens with one attached hydrogen (secondary N) is 1. The van der Waals surface area contributed by atoms with E-state index in [1.807, 2.05) is 13.8 Å². The third kappa shape index (κ3) is 3.53. The van der Waals surface area contributed by atoms with Crippen LogP contribution in [0, 0.1) is 6.92 Å². The van der Waals surface area contributed by atoms with E-state index in [4.69, 9.17) is 0 Å². The maximum absolute atomic E-state index is 12.2. The van der Waals surface area contributed by atoms with Gasteiger partial charge in [-0.15, -0.1) is 11.3 Å². The highest BCUT2D eigenvalue weighted by atomic mass is 32.1. The van der Waals surface area contributed by atoms with Crippen molar-refractivity contribution in [2.45, 2.75) is 46.1 Å². The summed E-state index contributed by atoms with van der Waals surface area (Å²) in [6, 6.07) is 0. The van der Waals surface area contributed by atoms with Gasteiger partial charge in [0.1, 0.15) is 10.4 Å². The Kier molecular flexibility index (Phi) is 4.68. The zero-order valence-corrected chi connectivity index (χ0v) is 13.0. The van der Waals surface area contributed by atoms with Gasteiger partial charge in [0.15, 0.2) is 0 Å². The van der Waals surface area contributed by atoms with Gasteiger partial charge in [0.05, 0.1) is 17.8 Å². The minimum atomic E-state index is -1.06. The molecule has 0 aliphatic carbocycles. The average molecular weight is 284 g/mol. The average Bonchev–Trinajstić information content (AvgIpc) is 2.69. The molecule has 1 rings (SSSR count). The van der Waals surface area contributed by atoms with E-state index in [9.17, 15) is 9.59 Å². The summed E-state index contributed by atoms with van der Waals surface area (Å²) in [6.07, 6.45) is 0. The minimum absolute atomic E-state index is 0.277. The molecule has 1 amide bonds. The summed E-state index contributed by atoms with van der Waals surface area (Å²) < 4.78 is 4.66. The number of carbonyl (C=O) groups is 2. The van der Waals surface area contributed by atoms with Gasteiger partial charge >= 0.3 is 5.97 Å². The van der Waals surface area contributed by atoms with Crippen LogP contribution in [0.4, 0.5) is 0 Å². The molecule has 0 atom stereocenters. The Hall–Kier alpha value is -1.43. The summed E-state index contributed by atoms with van der Waals surface area (Å²) in [4.78, 5) is 28.6. The van der Waals surface area contributed by atoms with Crippen molar-refractivity contribution in [3.8, 4) is 0 Å². The van der Waals surface area contributed by atoms with E-state index in [1.54, 1.807) is 20.8 Å². The van der Waals surface area contributed by atoms with Crippen molar-refractivity contribution in [3.05, 3.63) is 15.6 Å². The number of aromatic nitrogens is 1. The number of rotatable bonds is 4. The standard InChI is InChI=1S/C13H20N2O3S/c1-7(2)11-14-8(3)9(19-11)10(16)15-13(4,5)12(17)18-6/h7H,1-6H3,(H,15,16). The van der Waals surface area contributed by atoms with Crippen molar-refractivity contribution in [2.75, 3.05) is 7.11 Å². The first-order chi connectivity index (χ1) is 8.69. The fourth-order valence-corrected chi connectivity index (χ4v) is 2.49. The van der Waals surface area contributed by atoms with Crippen LogP contribution in [0.3, 0.4) is 0 Å².